The monoisotopic (exact) mass is 294 g/mol. The smallest absolute Gasteiger partial charge is 0.399 e. The number of carbonyl (C=O) groups excluding carboxylic acids is 1. The number of carbonyl (C=O) groups is 1. The molecule has 0 bridgehead atoms. The van der Waals surface area contributed by atoms with Crippen LogP contribution in [0.25, 0.3) is 0 Å². The number of hydrogen-bond donors (Lipinski definition) is 1. The number of anilines is 2. The average molecular weight is 294 g/mol. The number of nitrogens with zero attached hydrogens (tertiary/aromatic N) is 1. The molecule has 0 unspecified atom stereocenters. The van der Waals surface area contributed by atoms with Gasteiger partial charge < -0.3 is 10.6 Å². The highest BCUT2D eigenvalue weighted by molar-refractivity contribution is 6.06. The van der Waals surface area contributed by atoms with Crippen molar-refractivity contribution in [3.63, 3.8) is 0 Å². The molecule has 0 aromatic heterocycles. The van der Waals surface area contributed by atoms with Gasteiger partial charge in [-0.25, -0.2) is 0 Å². The van der Waals surface area contributed by atoms with Gasteiger partial charge in [-0.1, -0.05) is 12.1 Å². The number of nitrogens with two attached hydrogens (primary N) is 1. The van der Waals surface area contributed by atoms with E-state index in [1.807, 2.05) is 0 Å². The van der Waals surface area contributed by atoms with Crippen molar-refractivity contribution in [2.45, 2.75) is 6.18 Å². The van der Waals surface area contributed by atoms with E-state index in [0.29, 0.717) is 11.4 Å². The number of rotatable bonds is 2. The second kappa shape index (κ2) is 5.47. The number of nitrogen functional groups attached to an aromatic ring is 1. The zero-order chi connectivity index (χ0) is 15.6. The maximum Gasteiger partial charge on any atom is 0.417 e. The number of halogens is 3. The molecule has 0 atom stereocenters. The first-order valence-electron chi connectivity index (χ1n) is 6.10. The molecule has 0 radical (unpaired) electrons. The van der Waals surface area contributed by atoms with E-state index < -0.39 is 17.6 Å². The van der Waals surface area contributed by atoms with Crippen molar-refractivity contribution in [1.82, 2.24) is 0 Å². The normalized spacial score (nSPS) is 11.2. The van der Waals surface area contributed by atoms with Gasteiger partial charge >= 0.3 is 6.18 Å². The van der Waals surface area contributed by atoms with Crippen LogP contribution in [0.15, 0.2) is 48.5 Å². The quantitative estimate of drug-likeness (QED) is 0.861. The van der Waals surface area contributed by atoms with Crippen molar-refractivity contribution in [3.8, 4) is 0 Å². The van der Waals surface area contributed by atoms with E-state index in [1.165, 1.54) is 25.2 Å². The van der Waals surface area contributed by atoms with Crippen LogP contribution in [-0.4, -0.2) is 13.0 Å². The summed E-state index contributed by atoms with van der Waals surface area (Å²) in [6, 6.07) is 11.0. The molecule has 0 spiro atoms. The van der Waals surface area contributed by atoms with Crippen LogP contribution in [0.4, 0.5) is 24.5 Å². The molecular weight excluding hydrogens is 281 g/mol. The molecule has 0 saturated carbocycles. The minimum atomic E-state index is -4.58. The van der Waals surface area contributed by atoms with E-state index in [-0.39, 0.29) is 5.56 Å². The molecule has 0 aliphatic heterocycles. The Hall–Kier alpha value is -2.50. The van der Waals surface area contributed by atoms with E-state index in [9.17, 15) is 18.0 Å². The second-order valence-corrected chi connectivity index (χ2v) is 4.50. The Kier molecular flexibility index (Phi) is 3.88. The minimum absolute atomic E-state index is 0.385. The largest absolute Gasteiger partial charge is 0.417 e. The van der Waals surface area contributed by atoms with Crippen molar-refractivity contribution in [1.29, 1.82) is 0 Å². The Morgan fingerprint density at radius 3 is 2.19 bits per heavy atom. The summed E-state index contributed by atoms with van der Waals surface area (Å²) in [5.41, 5.74) is 5.18. The fourth-order valence-corrected chi connectivity index (χ4v) is 1.91. The lowest BCUT2D eigenvalue weighted by atomic mass is 10.1. The van der Waals surface area contributed by atoms with Gasteiger partial charge in [-0.3, -0.25) is 4.79 Å². The molecule has 3 nitrogen and oxygen atoms in total. The predicted molar refractivity (Wildman–Crippen MR) is 75.0 cm³/mol. The van der Waals surface area contributed by atoms with Crippen molar-refractivity contribution in [2.75, 3.05) is 17.7 Å². The highest BCUT2D eigenvalue weighted by Gasteiger charge is 2.35. The molecule has 0 aliphatic rings. The summed E-state index contributed by atoms with van der Waals surface area (Å²) in [6.45, 7) is 0. The molecule has 2 rings (SSSR count). The van der Waals surface area contributed by atoms with Crippen LogP contribution in [0.3, 0.4) is 0 Å². The van der Waals surface area contributed by atoms with E-state index in [0.717, 1.165) is 11.0 Å². The zero-order valence-electron chi connectivity index (χ0n) is 11.2. The molecule has 0 fully saturated rings. The van der Waals surface area contributed by atoms with Gasteiger partial charge in [-0.2, -0.15) is 13.2 Å². The van der Waals surface area contributed by atoms with Gasteiger partial charge in [0.2, 0.25) is 0 Å². The van der Waals surface area contributed by atoms with Crippen molar-refractivity contribution >= 4 is 17.3 Å². The molecule has 0 aliphatic carbocycles. The standard InChI is InChI=1S/C15H13F3N2O/c1-20(11-8-6-10(19)7-9-11)14(21)12-4-2-3-5-13(12)15(16,17)18/h2-9H,19H2,1H3. The summed E-state index contributed by atoms with van der Waals surface area (Å²) in [4.78, 5) is 13.4. The van der Waals surface area contributed by atoms with E-state index in [1.54, 1.807) is 24.3 Å². The molecule has 21 heavy (non-hydrogen) atoms. The van der Waals surface area contributed by atoms with Crippen LogP contribution in [0.5, 0.6) is 0 Å². The van der Waals surface area contributed by atoms with Crippen molar-refractivity contribution in [2.24, 2.45) is 0 Å². The molecule has 2 aromatic carbocycles. The second-order valence-electron chi connectivity index (χ2n) is 4.50. The topological polar surface area (TPSA) is 46.3 Å². The van der Waals surface area contributed by atoms with Crippen molar-refractivity contribution < 1.29 is 18.0 Å². The minimum Gasteiger partial charge on any atom is -0.399 e. The fourth-order valence-electron chi connectivity index (χ4n) is 1.91. The van der Waals surface area contributed by atoms with Gasteiger partial charge in [0, 0.05) is 18.4 Å². The lowest BCUT2D eigenvalue weighted by molar-refractivity contribution is -0.137. The molecule has 0 saturated heterocycles. The summed E-state index contributed by atoms with van der Waals surface area (Å²) >= 11 is 0. The highest BCUT2D eigenvalue weighted by atomic mass is 19.4. The van der Waals surface area contributed by atoms with Crippen LogP contribution in [0, 0.1) is 0 Å². The first-order chi connectivity index (χ1) is 9.80. The number of benzene rings is 2. The summed E-state index contributed by atoms with van der Waals surface area (Å²) < 4.78 is 38.8. The number of alkyl halides is 3. The lowest BCUT2D eigenvalue weighted by Crippen LogP contribution is -2.28. The van der Waals surface area contributed by atoms with Gasteiger partial charge in [-0.15, -0.1) is 0 Å². The van der Waals surface area contributed by atoms with Crippen LogP contribution >= 0.6 is 0 Å². The number of hydrogen-bond acceptors (Lipinski definition) is 2. The van der Waals surface area contributed by atoms with E-state index in [4.69, 9.17) is 5.73 Å². The maximum atomic E-state index is 12.9. The third-order valence-corrected chi connectivity index (χ3v) is 3.05. The SMILES string of the molecule is CN(C(=O)c1ccccc1C(F)(F)F)c1ccc(N)cc1. The first kappa shape index (κ1) is 14.9. The van der Waals surface area contributed by atoms with Crippen LogP contribution in [0.2, 0.25) is 0 Å². The zero-order valence-corrected chi connectivity index (χ0v) is 11.2. The Morgan fingerprint density at radius 2 is 1.62 bits per heavy atom. The molecule has 110 valence electrons. The summed E-state index contributed by atoms with van der Waals surface area (Å²) in [6.07, 6.45) is -4.58. The van der Waals surface area contributed by atoms with Crippen molar-refractivity contribution in [3.05, 3.63) is 59.7 Å². The van der Waals surface area contributed by atoms with Gasteiger partial charge in [0.15, 0.2) is 0 Å². The molecular formula is C15H13F3N2O. The summed E-state index contributed by atoms with van der Waals surface area (Å²) in [5, 5.41) is 0. The maximum absolute atomic E-state index is 12.9. The third kappa shape index (κ3) is 3.16. The Bertz CT molecular complexity index is 651. The van der Waals surface area contributed by atoms with E-state index in [2.05, 4.69) is 0 Å². The molecule has 1 amide bonds. The van der Waals surface area contributed by atoms with Gasteiger partial charge in [-0.05, 0) is 36.4 Å². The average Bonchev–Trinajstić information content (AvgIpc) is 2.45. The Labute approximate surface area is 119 Å². The van der Waals surface area contributed by atoms with Gasteiger partial charge in [0.1, 0.15) is 0 Å². The summed E-state index contributed by atoms with van der Waals surface area (Å²) in [7, 11) is 1.42. The van der Waals surface area contributed by atoms with Crippen LogP contribution in [-0.2, 0) is 6.18 Å². The highest BCUT2D eigenvalue weighted by Crippen LogP contribution is 2.32. The molecule has 6 heteroatoms. The van der Waals surface area contributed by atoms with Gasteiger partial charge in [0.05, 0.1) is 11.1 Å². The summed E-state index contributed by atoms with van der Waals surface area (Å²) in [5.74, 6) is -0.729. The Balaban J connectivity index is 2.38. The van der Waals surface area contributed by atoms with Gasteiger partial charge in [0.25, 0.3) is 5.91 Å². The third-order valence-electron chi connectivity index (χ3n) is 3.05. The number of amides is 1. The predicted octanol–water partition coefficient (Wildman–Crippen LogP) is 3.56. The lowest BCUT2D eigenvalue weighted by Gasteiger charge is -2.20. The molecule has 2 aromatic rings. The fraction of sp³-hybridized carbons (Fsp3) is 0.133. The molecule has 2 N–H and O–H groups in total. The Morgan fingerprint density at radius 1 is 1.05 bits per heavy atom. The van der Waals surface area contributed by atoms with Crippen LogP contribution in [0.1, 0.15) is 15.9 Å². The van der Waals surface area contributed by atoms with E-state index >= 15 is 0 Å². The molecule has 0 heterocycles. The van der Waals surface area contributed by atoms with Crippen LogP contribution < -0.4 is 10.6 Å². The first-order valence-corrected chi connectivity index (χ1v) is 6.10.